The molecule has 0 bridgehead atoms. The fourth-order valence-electron chi connectivity index (χ4n) is 2.87. The van der Waals surface area contributed by atoms with Crippen LogP contribution in [0, 0.1) is 0 Å². The summed E-state index contributed by atoms with van der Waals surface area (Å²) >= 11 is 11.9. The van der Waals surface area contributed by atoms with Gasteiger partial charge in [0.2, 0.25) is 0 Å². The van der Waals surface area contributed by atoms with Crippen LogP contribution in [0.2, 0.25) is 10.0 Å². The number of hydrazone groups is 1. The molecule has 172 valence electrons. The fraction of sp³-hybridized carbons (Fsp3) is 0.174. The molecule has 0 unspecified atom stereocenters. The van der Waals surface area contributed by atoms with E-state index in [4.69, 9.17) is 37.1 Å². The Morgan fingerprint density at radius 2 is 1.76 bits per heavy atom. The van der Waals surface area contributed by atoms with Crippen molar-refractivity contribution >= 4 is 41.2 Å². The zero-order chi connectivity index (χ0) is 23.8. The van der Waals surface area contributed by atoms with Crippen LogP contribution in [0.3, 0.4) is 0 Å². The molecule has 0 spiro atoms. The van der Waals surface area contributed by atoms with Crippen LogP contribution in [0.25, 0.3) is 11.3 Å². The molecule has 2 N–H and O–H groups in total. The Hall–Kier alpha value is -3.49. The number of ether oxygens (including phenoxy) is 2. The van der Waals surface area contributed by atoms with Crippen molar-refractivity contribution in [3.05, 3.63) is 69.9 Å². The zero-order valence-electron chi connectivity index (χ0n) is 17.9. The number of nitrogens with zero attached hydrogens (tertiary/aromatic N) is 1. The summed E-state index contributed by atoms with van der Waals surface area (Å²) in [4.78, 5) is 23.9. The van der Waals surface area contributed by atoms with Gasteiger partial charge in [-0.1, -0.05) is 29.3 Å². The molecule has 2 amide bonds. The van der Waals surface area contributed by atoms with E-state index in [1.165, 1.54) is 6.21 Å². The van der Waals surface area contributed by atoms with E-state index in [9.17, 15) is 9.59 Å². The second-order valence-electron chi connectivity index (χ2n) is 6.73. The van der Waals surface area contributed by atoms with E-state index < -0.39 is 11.8 Å². The average molecular weight is 490 g/mol. The molecule has 0 saturated carbocycles. The van der Waals surface area contributed by atoms with Gasteiger partial charge in [0.15, 0.2) is 11.5 Å². The van der Waals surface area contributed by atoms with Crippen LogP contribution in [0.15, 0.2) is 58.0 Å². The number of hydrogen-bond donors (Lipinski definition) is 2. The van der Waals surface area contributed by atoms with Gasteiger partial charge in [-0.25, -0.2) is 5.43 Å². The highest BCUT2D eigenvalue weighted by Crippen LogP contribution is 2.29. The third-order valence-corrected chi connectivity index (χ3v) is 5.28. The lowest BCUT2D eigenvalue weighted by atomic mass is 10.1. The summed E-state index contributed by atoms with van der Waals surface area (Å²) in [7, 11) is 3.10. The third kappa shape index (κ3) is 6.50. The first-order chi connectivity index (χ1) is 15.9. The second-order valence-corrected chi connectivity index (χ2v) is 7.54. The predicted octanol–water partition coefficient (Wildman–Crippen LogP) is 4.08. The van der Waals surface area contributed by atoms with Gasteiger partial charge in [0.05, 0.1) is 30.5 Å². The van der Waals surface area contributed by atoms with Crippen molar-refractivity contribution in [1.82, 2.24) is 10.7 Å². The first-order valence-corrected chi connectivity index (χ1v) is 10.5. The van der Waals surface area contributed by atoms with Gasteiger partial charge in [0.25, 0.3) is 0 Å². The van der Waals surface area contributed by atoms with Crippen molar-refractivity contribution < 1.29 is 23.5 Å². The number of hydrogen-bond acceptors (Lipinski definition) is 6. The molecule has 0 fully saturated rings. The minimum atomic E-state index is -0.894. The van der Waals surface area contributed by atoms with E-state index in [-0.39, 0.29) is 6.54 Å². The van der Waals surface area contributed by atoms with E-state index in [1.807, 2.05) is 12.1 Å². The van der Waals surface area contributed by atoms with Gasteiger partial charge >= 0.3 is 11.8 Å². The van der Waals surface area contributed by atoms with Crippen LogP contribution < -0.4 is 20.2 Å². The molecule has 2 aromatic carbocycles. The number of benzene rings is 2. The maximum absolute atomic E-state index is 12.0. The molecule has 0 radical (unpaired) electrons. The first kappa shape index (κ1) is 24.2. The highest BCUT2D eigenvalue weighted by molar-refractivity contribution is 6.42. The monoisotopic (exact) mass is 489 g/mol. The van der Waals surface area contributed by atoms with Gasteiger partial charge < -0.3 is 19.2 Å². The minimum Gasteiger partial charge on any atom is -0.493 e. The molecule has 8 nitrogen and oxygen atoms in total. The molecule has 3 aromatic rings. The van der Waals surface area contributed by atoms with Gasteiger partial charge in [0, 0.05) is 12.1 Å². The summed E-state index contributed by atoms with van der Waals surface area (Å²) in [5, 5.41) is 7.14. The van der Waals surface area contributed by atoms with Crippen LogP contribution in [0.1, 0.15) is 11.3 Å². The lowest BCUT2D eigenvalue weighted by Crippen LogP contribution is -2.38. The Labute approximate surface area is 200 Å². The number of methoxy groups -OCH3 is 2. The number of carbonyl (C=O) groups excluding carboxylic acids is 2. The molecular formula is C23H21Cl2N3O5. The first-order valence-electron chi connectivity index (χ1n) is 9.78. The summed E-state index contributed by atoms with van der Waals surface area (Å²) < 4.78 is 16.1. The smallest absolute Gasteiger partial charge is 0.329 e. The maximum Gasteiger partial charge on any atom is 0.329 e. The predicted molar refractivity (Wildman–Crippen MR) is 126 cm³/mol. The van der Waals surface area contributed by atoms with Crippen molar-refractivity contribution in [2.75, 3.05) is 20.8 Å². The van der Waals surface area contributed by atoms with Crippen LogP contribution in [-0.2, 0) is 16.0 Å². The van der Waals surface area contributed by atoms with Crippen molar-refractivity contribution in [1.29, 1.82) is 0 Å². The standard InChI is InChI=1S/C23H21Cl2N3O5/c1-31-20-7-3-14(11-21(20)32-2)9-10-26-22(29)23(30)28-27-13-16-5-8-19(33-16)15-4-6-17(24)18(25)12-15/h3-8,11-13H,9-10H2,1-2H3,(H,26,29)(H,28,30)/b27-13+. The van der Waals surface area contributed by atoms with Crippen molar-refractivity contribution in [3.8, 4) is 22.8 Å². The lowest BCUT2D eigenvalue weighted by Gasteiger charge is -2.09. The third-order valence-electron chi connectivity index (χ3n) is 4.54. The van der Waals surface area contributed by atoms with Crippen molar-refractivity contribution in [3.63, 3.8) is 0 Å². The summed E-state index contributed by atoms with van der Waals surface area (Å²) in [5.41, 5.74) is 3.82. The normalized spacial score (nSPS) is 10.8. The average Bonchev–Trinajstić information content (AvgIpc) is 3.29. The number of amides is 2. The molecule has 33 heavy (non-hydrogen) atoms. The van der Waals surface area contributed by atoms with Crippen molar-refractivity contribution in [2.45, 2.75) is 6.42 Å². The van der Waals surface area contributed by atoms with Gasteiger partial charge in [-0.15, -0.1) is 0 Å². The van der Waals surface area contributed by atoms with Gasteiger partial charge in [-0.3, -0.25) is 9.59 Å². The second kappa shape index (κ2) is 11.4. The topological polar surface area (TPSA) is 102 Å². The van der Waals surface area contributed by atoms with Crippen LogP contribution in [-0.4, -0.2) is 38.8 Å². The number of carbonyl (C=O) groups is 2. The number of rotatable bonds is 8. The highest BCUT2D eigenvalue weighted by Gasteiger charge is 2.12. The fourth-order valence-corrected chi connectivity index (χ4v) is 3.17. The Morgan fingerprint density at radius 1 is 0.970 bits per heavy atom. The summed E-state index contributed by atoms with van der Waals surface area (Å²) in [6.45, 7) is 0.261. The maximum atomic E-state index is 12.0. The Balaban J connectivity index is 1.47. The highest BCUT2D eigenvalue weighted by atomic mass is 35.5. The molecule has 10 heteroatoms. The van der Waals surface area contributed by atoms with E-state index in [1.54, 1.807) is 50.6 Å². The largest absolute Gasteiger partial charge is 0.493 e. The van der Waals surface area contributed by atoms with Crippen LogP contribution >= 0.6 is 23.2 Å². The molecule has 1 aromatic heterocycles. The SMILES string of the molecule is COc1ccc(CCNC(=O)C(=O)N/N=C/c2ccc(-c3ccc(Cl)c(Cl)c3)o2)cc1OC. The van der Waals surface area contributed by atoms with E-state index >= 15 is 0 Å². The molecule has 3 rings (SSSR count). The molecule has 1 heterocycles. The lowest BCUT2D eigenvalue weighted by molar-refractivity contribution is -0.139. The quantitative estimate of drug-likeness (QED) is 0.282. The molecule has 0 aliphatic rings. The summed E-state index contributed by atoms with van der Waals surface area (Å²) in [6, 6.07) is 13.9. The number of nitrogens with one attached hydrogen (secondary N) is 2. The van der Waals surface area contributed by atoms with Gasteiger partial charge in [-0.2, -0.15) is 5.10 Å². The van der Waals surface area contributed by atoms with E-state index in [0.29, 0.717) is 39.5 Å². The number of furan rings is 1. The Bertz CT molecular complexity index is 1180. The molecular weight excluding hydrogens is 469 g/mol. The molecule has 0 atom stereocenters. The van der Waals surface area contributed by atoms with Gasteiger partial charge in [-0.05, 0) is 54.4 Å². The van der Waals surface area contributed by atoms with Crippen molar-refractivity contribution in [2.24, 2.45) is 5.10 Å². The molecule has 0 aliphatic carbocycles. The Kier molecular flexibility index (Phi) is 8.34. The van der Waals surface area contributed by atoms with Crippen LogP contribution in [0.4, 0.5) is 0 Å². The Morgan fingerprint density at radius 3 is 2.48 bits per heavy atom. The molecule has 0 saturated heterocycles. The van der Waals surface area contributed by atoms with E-state index in [0.717, 1.165) is 11.1 Å². The number of halogens is 2. The summed E-state index contributed by atoms with van der Waals surface area (Å²) in [5.74, 6) is 0.440. The minimum absolute atomic E-state index is 0.261. The summed E-state index contributed by atoms with van der Waals surface area (Å²) in [6.07, 6.45) is 1.79. The zero-order valence-corrected chi connectivity index (χ0v) is 19.4. The van der Waals surface area contributed by atoms with Crippen LogP contribution in [0.5, 0.6) is 11.5 Å². The van der Waals surface area contributed by atoms with Gasteiger partial charge in [0.1, 0.15) is 11.5 Å². The van der Waals surface area contributed by atoms with E-state index in [2.05, 4.69) is 15.8 Å². The molecule has 0 aliphatic heterocycles.